The van der Waals surface area contributed by atoms with Crippen LogP contribution in [-0.4, -0.2) is 25.1 Å². The van der Waals surface area contributed by atoms with Gasteiger partial charge in [-0.2, -0.15) is 5.01 Å². The first-order chi connectivity index (χ1) is 15.9. The number of nitrogens with one attached hydrogen (secondary N) is 1. The topological polar surface area (TPSA) is 102 Å². The predicted molar refractivity (Wildman–Crippen MR) is 134 cm³/mol. The van der Waals surface area contributed by atoms with Crippen LogP contribution in [0.4, 0.5) is 10.8 Å². The van der Waals surface area contributed by atoms with E-state index in [1.165, 1.54) is 22.4 Å². The van der Waals surface area contributed by atoms with Crippen LogP contribution < -0.4 is 5.43 Å². The summed E-state index contributed by atoms with van der Waals surface area (Å²) in [6.45, 7) is 1.79. The molecule has 1 aliphatic rings. The molecule has 2 aromatic carbocycles. The number of nitro benzene ring substituents is 1. The van der Waals surface area contributed by atoms with E-state index in [9.17, 15) is 14.9 Å². The standard InChI is InChI=1S/C22H14N4O4S3/c1-12-6-8-14(16(10-12)26(28)29)17-9-7-13(30-17)11-19-20(27)25(22(31)33-19)24-21-23-15-4-2-3-5-18(15)32-21/h2-11H,1H3,(H,23,24)/b19-11-. The zero-order valence-corrected chi connectivity index (χ0v) is 19.4. The van der Waals surface area contributed by atoms with Crippen LogP contribution in [0.25, 0.3) is 27.6 Å². The van der Waals surface area contributed by atoms with Gasteiger partial charge < -0.3 is 4.42 Å². The van der Waals surface area contributed by atoms with Crippen LogP contribution >= 0.6 is 35.3 Å². The first kappa shape index (κ1) is 21.3. The summed E-state index contributed by atoms with van der Waals surface area (Å²) >= 11 is 7.92. The zero-order chi connectivity index (χ0) is 23.1. The number of hydrogen-bond acceptors (Lipinski definition) is 9. The van der Waals surface area contributed by atoms with Gasteiger partial charge in [-0.1, -0.05) is 41.3 Å². The molecule has 0 radical (unpaired) electrons. The van der Waals surface area contributed by atoms with Crippen molar-refractivity contribution in [2.75, 3.05) is 5.43 Å². The third kappa shape index (κ3) is 4.13. The molecule has 0 saturated carbocycles. The van der Waals surface area contributed by atoms with Crippen molar-refractivity contribution >= 4 is 72.7 Å². The summed E-state index contributed by atoms with van der Waals surface area (Å²) < 4.78 is 7.13. The van der Waals surface area contributed by atoms with Crippen LogP contribution in [0, 0.1) is 17.0 Å². The lowest BCUT2D eigenvalue weighted by Gasteiger charge is -2.14. The molecule has 1 fully saturated rings. The molecule has 0 spiro atoms. The Labute approximate surface area is 201 Å². The summed E-state index contributed by atoms with van der Waals surface area (Å²) in [6.07, 6.45) is 1.57. The molecular weight excluding hydrogens is 480 g/mol. The Hall–Kier alpha value is -3.54. The third-order valence-electron chi connectivity index (χ3n) is 4.81. The second kappa shape index (κ2) is 8.43. The van der Waals surface area contributed by atoms with E-state index in [1.54, 1.807) is 37.3 Å². The third-order valence-corrected chi connectivity index (χ3v) is 7.05. The van der Waals surface area contributed by atoms with E-state index in [0.717, 1.165) is 27.5 Å². The van der Waals surface area contributed by atoms with E-state index in [2.05, 4.69) is 10.4 Å². The predicted octanol–water partition coefficient (Wildman–Crippen LogP) is 6.00. The number of nitrogens with zero attached hydrogens (tertiary/aromatic N) is 3. The number of furan rings is 1. The van der Waals surface area contributed by atoms with Gasteiger partial charge in [0.2, 0.25) is 5.13 Å². The van der Waals surface area contributed by atoms with Crippen LogP contribution in [0.2, 0.25) is 0 Å². The number of carbonyl (C=O) groups excluding carboxylic acids is 1. The maximum absolute atomic E-state index is 12.9. The van der Waals surface area contributed by atoms with E-state index in [0.29, 0.717) is 31.4 Å². The van der Waals surface area contributed by atoms with Crippen molar-refractivity contribution in [3.63, 3.8) is 0 Å². The number of thioether (sulfide) groups is 1. The number of hydrazine groups is 1. The van der Waals surface area contributed by atoms with Gasteiger partial charge in [0.1, 0.15) is 11.5 Å². The lowest BCUT2D eigenvalue weighted by molar-refractivity contribution is -0.384. The number of nitro groups is 1. The summed E-state index contributed by atoms with van der Waals surface area (Å²) in [4.78, 5) is 28.8. The highest BCUT2D eigenvalue weighted by atomic mass is 32.2. The largest absolute Gasteiger partial charge is 0.456 e. The highest BCUT2D eigenvalue weighted by Crippen LogP contribution is 2.36. The summed E-state index contributed by atoms with van der Waals surface area (Å²) in [5, 5.41) is 13.3. The van der Waals surface area contributed by atoms with Crippen molar-refractivity contribution in [2.45, 2.75) is 6.92 Å². The molecule has 2 aromatic heterocycles. The Morgan fingerprint density at radius 3 is 2.82 bits per heavy atom. The maximum Gasteiger partial charge on any atom is 0.285 e. The second-order valence-electron chi connectivity index (χ2n) is 7.10. The average Bonchev–Trinajstić information content (AvgIpc) is 3.48. The van der Waals surface area contributed by atoms with Gasteiger partial charge >= 0.3 is 0 Å². The molecule has 1 amide bonds. The Morgan fingerprint density at radius 2 is 2.03 bits per heavy atom. The number of aromatic nitrogens is 1. The number of rotatable bonds is 5. The van der Waals surface area contributed by atoms with E-state index in [1.807, 2.05) is 24.3 Å². The van der Waals surface area contributed by atoms with Crippen LogP contribution in [0.3, 0.4) is 0 Å². The molecule has 5 rings (SSSR count). The molecule has 11 heteroatoms. The molecule has 164 valence electrons. The number of thiazole rings is 1. The van der Waals surface area contributed by atoms with E-state index >= 15 is 0 Å². The Bertz CT molecular complexity index is 1440. The number of anilines is 1. The van der Waals surface area contributed by atoms with Crippen LogP contribution in [0.5, 0.6) is 0 Å². The average molecular weight is 495 g/mol. The number of amides is 1. The second-order valence-corrected chi connectivity index (χ2v) is 9.80. The van der Waals surface area contributed by atoms with Crippen molar-refractivity contribution in [1.29, 1.82) is 0 Å². The fourth-order valence-corrected chi connectivity index (χ4v) is 5.30. The highest BCUT2D eigenvalue weighted by Gasteiger charge is 2.33. The SMILES string of the molecule is Cc1ccc(-c2ccc(/C=C3\SC(=S)N(Nc4nc5ccccc5s4)C3=O)o2)c([N+](=O)[O-])c1. The number of hydrogen-bond donors (Lipinski definition) is 1. The van der Waals surface area contributed by atoms with Gasteiger partial charge in [0.05, 0.1) is 25.6 Å². The Kier molecular flexibility index (Phi) is 5.44. The van der Waals surface area contributed by atoms with Crippen molar-refractivity contribution < 1.29 is 14.1 Å². The molecule has 0 atom stereocenters. The molecule has 1 N–H and O–H groups in total. The Morgan fingerprint density at radius 1 is 1.21 bits per heavy atom. The summed E-state index contributed by atoms with van der Waals surface area (Å²) in [7, 11) is 0. The fourth-order valence-electron chi connectivity index (χ4n) is 3.29. The molecule has 3 heterocycles. The quantitative estimate of drug-likeness (QED) is 0.156. The summed E-state index contributed by atoms with van der Waals surface area (Å²) in [5.74, 6) is 0.403. The van der Waals surface area contributed by atoms with E-state index < -0.39 is 4.92 Å². The van der Waals surface area contributed by atoms with Gasteiger partial charge in [-0.25, -0.2) is 4.98 Å². The first-order valence-electron chi connectivity index (χ1n) is 9.64. The Balaban J connectivity index is 1.38. The number of aryl methyl sites for hydroxylation is 1. The minimum Gasteiger partial charge on any atom is -0.456 e. The van der Waals surface area contributed by atoms with Crippen molar-refractivity contribution in [3.05, 3.63) is 80.9 Å². The minimum absolute atomic E-state index is 0.0396. The number of benzene rings is 2. The molecule has 0 unspecified atom stereocenters. The number of carbonyl (C=O) groups is 1. The van der Waals surface area contributed by atoms with Gasteiger partial charge in [-0.15, -0.1) is 0 Å². The molecule has 0 aliphatic carbocycles. The van der Waals surface area contributed by atoms with Gasteiger partial charge in [0, 0.05) is 12.1 Å². The normalized spacial score (nSPS) is 15.1. The lowest BCUT2D eigenvalue weighted by Crippen LogP contribution is -2.33. The lowest BCUT2D eigenvalue weighted by atomic mass is 10.1. The number of fused-ring (bicyclic) bond motifs is 1. The van der Waals surface area contributed by atoms with E-state index in [4.69, 9.17) is 16.6 Å². The molecule has 0 bridgehead atoms. The van der Waals surface area contributed by atoms with Crippen LogP contribution in [-0.2, 0) is 4.79 Å². The molecule has 8 nitrogen and oxygen atoms in total. The van der Waals surface area contributed by atoms with Crippen LogP contribution in [0.15, 0.2) is 63.9 Å². The fraction of sp³-hybridized carbons (Fsp3) is 0.0455. The van der Waals surface area contributed by atoms with E-state index in [-0.39, 0.29) is 11.6 Å². The monoisotopic (exact) mass is 494 g/mol. The van der Waals surface area contributed by atoms with Gasteiger partial charge in [-0.05, 0) is 55.0 Å². The van der Waals surface area contributed by atoms with Crippen molar-refractivity contribution in [2.24, 2.45) is 0 Å². The minimum atomic E-state index is -0.441. The maximum atomic E-state index is 12.9. The van der Waals surface area contributed by atoms with Crippen molar-refractivity contribution in [3.8, 4) is 11.3 Å². The summed E-state index contributed by atoms with van der Waals surface area (Å²) in [5.41, 5.74) is 4.93. The molecule has 1 saturated heterocycles. The first-order valence-corrected chi connectivity index (χ1v) is 11.7. The summed E-state index contributed by atoms with van der Waals surface area (Å²) in [6, 6.07) is 15.9. The number of para-hydroxylation sites is 1. The molecule has 1 aliphatic heterocycles. The highest BCUT2D eigenvalue weighted by molar-refractivity contribution is 8.26. The van der Waals surface area contributed by atoms with Crippen LogP contribution in [0.1, 0.15) is 11.3 Å². The van der Waals surface area contributed by atoms with Gasteiger partial charge in [0.25, 0.3) is 11.6 Å². The molecule has 33 heavy (non-hydrogen) atoms. The van der Waals surface area contributed by atoms with Gasteiger partial charge in [0.15, 0.2) is 4.32 Å². The van der Waals surface area contributed by atoms with Gasteiger partial charge in [-0.3, -0.25) is 20.3 Å². The molecule has 4 aromatic rings. The number of thiocarbonyl (C=S) groups is 1. The zero-order valence-electron chi connectivity index (χ0n) is 17.0. The smallest absolute Gasteiger partial charge is 0.285 e. The van der Waals surface area contributed by atoms with Crippen molar-refractivity contribution in [1.82, 2.24) is 9.99 Å². The molecular formula is C22H14N4O4S3.